The van der Waals surface area contributed by atoms with Gasteiger partial charge >= 0.3 is 0 Å². The van der Waals surface area contributed by atoms with Crippen molar-refractivity contribution in [2.24, 2.45) is 0 Å². The first-order valence-corrected chi connectivity index (χ1v) is 14.3. The van der Waals surface area contributed by atoms with Gasteiger partial charge in [0.1, 0.15) is 11.8 Å². The third-order valence-electron chi connectivity index (χ3n) is 7.15. The predicted octanol–water partition coefficient (Wildman–Crippen LogP) is 6.65. The van der Waals surface area contributed by atoms with Crippen LogP contribution in [0.2, 0.25) is 0 Å². The lowest BCUT2D eigenvalue weighted by atomic mass is 10.0. The highest BCUT2D eigenvalue weighted by molar-refractivity contribution is 9.10. The van der Waals surface area contributed by atoms with Gasteiger partial charge in [0.15, 0.2) is 6.61 Å². The summed E-state index contributed by atoms with van der Waals surface area (Å²) in [4.78, 5) is 29.1. The molecule has 0 spiro atoms. The molecule has 4 rings (SSSR count). The summed E-state index contributed by atoms with van der Waals surface area (Å²) in [6, 6.07) is 25.1. The summed E-state index contributed by atoms with van der Waals surface area (Å²) in [5.74, 6) is 0.737. The van der Waals surface area contributed by atoms with Gasteiger partial charge in [0.2, 0.25) is 5.91 Å². The molecule has 1 aliphatic carbocycles. The minimum atomic E-state index is -0.652. The number of carbonyl (C=O) groups is 2. The molecule has 0 heterocycles. The highest BCUT2D eigenvalue weighted by Crippen LogP contribution is 2.22. The van der Waals surface area contributed by atoms with Gasteiger partial charge in [-0.05, 0) is 59.7 Å². The van der Waals surface area contributed by atoms with E-state index in [1.54, 1.807) is 4.90 Å². The summed E-state index contributed by atoms with van der Waals surface area (Å²) < 4.78 is 6.89. The van der Waals surface area contributed by atoms with Crippen molar-refractivity contribution >= 4 is 27.7 Å². The molecule has 200 valence electrons. The van der Waals surface area contributed by atoms with Crippen LogP contribution in [-0.4, -0.2) is 35.4 Å². The number of nitrogens with one attached hydrogen (secondary N) is 1. The molecule has 38 heavy (non-hydrogen) atoms. The Bertz CT molecular complexity index is 1170. The molecule has 1 atom stereocenters. The molecule has 1 unspecified atom stereocenters. The van der Waals surface area contributed by atoms with Gasteiger partial charge in [-0.3, -0.25) is 9.59 Å². The van der Waals surface area contributed by atoms with Crippen LogP contribution < -0.4 is 10.1 Å². The number of hydrogen-bond acceptors (Lipinski definition) is 3. The van der Waals surface area contributed by atoms with Crippen LogP contribution in [0.1, 0.15) is 62.1 Å². The Hall–Kier alpha value is -3.12. The van der Waals surface area contributed by atoms with Gasteiger partial charge in [0.05, 0.1) is 0 Å². The number of nitrogens with zero attached hydrogens (tertiary/aromatic N) is 1. The second-order valence-corrected chi connectivity index (χ2v) is 11.3. The lowest BCUT2D eigenvalue weighted by molar-refractivity contribution is -0.143. The number of rotatable bonds is 11. The standard InChI is InChI=1S/C32H37BrN2O3/c1-23(2)26-14-18-29(19-15-26)38-22-31(36)35(21-25-12-16-27(33)17-13-25)30(20-24-8-4-3-5-9-24)32(37)34-28-10-6-7-11-28/h3-5,8-9,12-19,23,28,30H,6-7,10-11,20-22H2,1-2H3,(H,34,37). The molecule has 0 bridgehead atoms. The van der Waals surface area contributed by atoms with Crippen LogP contribution in [0.3, 0.4) is 0 Å². The van der Waals surface area contributed by atoms with Crippen molar-refractivity contribution in [1.82, 2.24) is 10.2 Å². The summed E-state index contributed by atoms with van der Waals surface area (Å²) in [5.41, 5.74) is 3.18. The van der Waals surface area contributed by atoms with E-state index in [4.69, 9.17) is 4.74 Å². The second kappa shape index (κ2) is 13.6. The molecule has 0 aromatic heterocycles. The molecule has 0 radical (unpaired) electrons. The highest BCUT2D eigenvalue weighted by Gasteiger charge is 2.32. The van der Waals surface area contributed by atoms with Crippen molar-refractivity contribution in [2.45, 2.75) is 70.5 Å². The van der Waals surface area contributed by atoms with Gasteiger partial charge in [-0.25, -0.2) is 0 Å². The fourth-order valence-corrected chi connectivity index (χ4v) is 5.15. The maximum Gasteiger partial charge on any atom is 0.261 e. The SMILES string of the molecule is CC(C)c1ccc(OCC(=O)N(Cc2ccc(Br)cc2)C(Cc2ccccc2)C(=O)NC2CCCC2)cc1. The van der Waals surface area contributed by atoms with Crippen LogP contribution in [0.4, 0.5) is 0 Å². The van der Waals surface area contributed by atoms with Crippen LogP contribution in [0, 0.1) is 0 Å². The van der Waals surface area contributed by atoms with Crippen LogP contribution in [0.25, 0.3) is 0 Å². The van der Waals surface area contributed by atoms with Crippen LogP contribution >= 0.6 is 15.9 Å². The lowest BCUT2D eigenvalue weighted by Gasteiger charge is -2.32. The average Bonchev–Trinajstić information content (AvgIpc) is 3.44. The molecule has 1 fully saturated rings. The fraction of sp³-hybridized carbons (Fsp3) is 0.375. The third kappa shape index (κ3) is 7.94. The zero-order valence-corrected chi connectivity index (χ0v) is 23.8. The Morgan fingerprint density at radius 3 is 2.21 bits per heavy atom. The van der Waals surface area contributed by atoms with Crippen molar-refractivity contribution in [1.29, 1.82) is 0 Å². The Kier molecular flexibility index (Phi) is 9.99. The van der Waals surface area contributed by atoms with E-state index in [0.717, 1.165) is 41.3 Å². The Labute approximate surface area is 234 Å². The third-order valence-corrected chi connectivity index (χ3v) is 7.68. The largest absolute Gasteiger partial charge is 0.484 e. The first kappa shape index (κ1) is 27.9. The smallest absolute Gasteiger partial charge is 0.261 e. The molecule has 0 saturated heterocycles. The second-order valence-electron chi connectivity index (χ2n) is 10.4. The van der Waals surface area contributed by atoms with E-state index in [9.17, 15) is 9.59 Å². The van der Waals surface area contributed by atoms with E-state index in [1.165, 1.54) is 5.56 Å². The molecule has 0 aliphatic heterocycles. The molecule has 2 amide bonds. The first-order chi connectivity index (χ1) is 18.4. The summed E-state index contributed by atoms with van der Waals surface area (Å²) in [5, 5.41) is 3.24. The summed E-state index contributed by atoms with van der Waals surface area (Å²) in [6.07, 6.45) is 4.66. The van der Waals surface area contributed by atoms with E-state index in [-0.39, 0.29) is 24.5 Å². The topological polar surface area (TPSA) is 58.6 Å². The van der Waals surface area contributed by atoms with E-state index >= 15 is 0 Å². The first-order valence-electron chi connectivity index (χ1n) is 13.5. The monoisotopic (exact) mass is 576 g/mol. The van der Waals surface area contributed by atoms with Crippen molar-refractivity contribution in [3.63, 3.8) is 0 Å². The average molecular weight is 578 g/mol. The molecular formula is C32H37BrN2O3. The summed E-state index contributed by atoms with van der Waals surface area (Å²) >= 11 is 3.49. The normalized spacial score (nSPS) is 14.3. The van der Waals surface area contributed by atoms with E-state index in [1.807, 2.05) is 78.9 Å². The summed E-state index contributed by atoms with van der Waals surface area (Å²) in [7, 11) is 0. The van der Waals surface area contributed by atoms with Crippen molar-refractivity contribution in [3.05, 3.63) is 100 Å². The number of halogens is 1. The number of benzene rings is 3. The maximum absolute atomic E-state index is 13.7. The van der Waals surface area contributed by atoms with Crippen LogP contribution in [-0.2, 0) is 22.6 Å². The molecular weight excluding hydrogens is 540 g/mol. The molecule has 1 saturated carbocycles. The molecule has 5 nitrogen and oxygen atoms in total. The zero-order valence-electron chi connectivity index (χ0n) is 22.2. The van der Waals surface area contributed by atoms with Gasteiger partial charge < -0.3 is 15.0 Å². The fourth-order valence-electron chi connectivity index (χ4n) is 4.88. The van der Waals surface area contributed by atoms with Crippen molar-refractivity contribution in [2.75, 3.05) is 6.61 Å². The molecule has 1 aliphatic rings. The maximum atomic E-state index is 13.7. The molecule has 6 heteroatoms. The quantitative estimate of drug-likeness (QED) is 0.278. The Morgan fingerprint density at radius 1 is 0.921 bits per heavy atom. The summed E-state index contributed by atoms with van der Waals surface area (Å²) in [6.45, 7) is 4.46. The number of ether oxygens (including phenoxy) is 1. The minimum absolute atomic E-state index is 0.104. The predicted molar refractivity (Wildman–Crippen MR) is 155 cm³/mol. The lowest BCUT2D eigenvalue weighted by Crippen LogP contribution is -2.53. The Morgan fingerprint density at radius 2 is 1.58 bits per heavy atom. The van der Waals surface area contributed by atoms with Gasteiger partial charge in [-0.1, -0.05) is 97.2 Å². The van der Waals surface area contributed by atoms with Crippen molar-refractivity contribution < 1.29 is 14.3 Å². The highest BCUT2D eigenvalue weighted by atomic mass is 79.9. The van der Waals surface area contributed by atoms with Gasteiger partial charge in [-0.15, -0.1) is 0 Å². The van der Waals surface area contributed by atoms with Crippen LogP contribution in [0.15, 0.2) is 83.3 Å². The van der Waals surface area contributed by atoms with E-state index in [2.05, 4.69) is 35.1 Å². The van der Waals surface area contributed by atoms with Crippen molar-refractivity contribution in [3.8, 4) is 5.75 Å². The van der Waals surface area contributed by atoms with E-state index in [0.29, 0.717) is 24.6 Å². The minimum Gasteiger partial charge on any atom is -0.484 e. The van der Waals surface area contributed by atoms with Gasteiger partial charge in [-0.2, -0.15) is 0 Å². The zero-order chi connectivity index (χ0) is 26.9. The number of hydrogen-bond donors (Lipinski definition) is 1. The van der Waals surface area contributed by atoms with Gasteiger partial charge in [0.25, 0.3) is 5.91 Å². The van der Waals surface area contributed by atoms with Crippen LogP contribution in [0.5, 0.6) is 5.75 Å². The molecule has 3 aromatic rings. The van der Waals surface area contributed by atoms with E-state index < -0.39 is 6.04 Å². The molecule has 3 aromatic carbocycles. The molecule has 1 N–H and O–H groups in total. The Balaban J connectivity index is 1.58. The van der Waals surface area contributed by atoms with Gasteiger partial charge in [0, 0.05) is 23.5 Å². The number of carbonyl (C=O) groups excluding carboxylic acids is 2. The number of amides is 2.